The Labute approximate surface area is 185 Å². The molecule has 9 N–H and O–H groups in total. The van der Waals surface area contributed by atoms with Gasteiger partial charge in [0, 0.05) is 24.7 Å². The number of carbonyl (C=O) groups is 5. The van der Waals surface area contributed by atoms with Crippen molar-refractivity contribution in [3.8, 4) is 0 Å². The fraction of sp³-hybridized carbons (Fsp3) is 0.579. The fourth-order valence-corrected chi connectivity index (χ4v) is 2.87. The van der Waals surface area contributed by atoms with Gasteiger partial charge in [-0.3, -0.25) is 19.2 Å². The van der Waals surface area contributed by atoms with Crippen molar-refractivity contribution in [2.24, 2.45) is 17.4 Å². The van der Waals surface area contributed by atoms with Gasteiger partial charge in [0.05, 0.1) is 12.9 Å². The number of primary amides is 1. The summed E-state index contributed by atoms with van der Waals surface area (Å²) in [5.41, 5.74) is 11.0. The number of aliphatic carboxylic acids is 1. The first-order valence-electron chi connectivity index (χ1n) is 10.1. The number of amides is 4. The van der Waals surface area contributed by atoms with Crippen LogP contribution in [0.1, 0.15) is 38.8 Å². The molecule has 32 heavy (non-hydrogen) atoms. The predicted octanol–water partition coefficient (Wildman–Crippen LogP) is -2.24. The number of carboxylic acids is 1. The third-order valence-electron chi connectivity index (χ3n) is 4.45. The first-order valence-corrected chi connectivity index (χ1v) is 10.1. The highest BCUT2D eigenvalue weighted by atomic mass is 16.4. The normalized spacial score (nSPS) is 13.6. The molecule has 0 bridgehead atoms. The molecule has 1 heterocycles. The molecule has 0 aliphatic heterocycles. The average molecular weight is 454 g/mol. The molecule has 1 rings (SSSR count). The summed E-state index contributed by atoms with van der Waals surface area (Å²) in [5, 5.41) is 16.7. The summed E-state index contributed by atoms with van der Waals surface area (Å²) in [7, 11) is 0. The van der Waals surface area contributed by atoms with Crippen LogP contribution in [0, 0.1) is 5.92 Å². The smallest absolute Gasteiger partial charge is 0.326 e. The zero-order valence-electron chi connectivity index (χ0n) is 18.1. The van der Waals surface area contributed by atoms with Gasteiger partial charge in [-0.2, -0.15) is 0 Å². The van der Waals surface area contributed by atoms with Crippen molar-refractivity contribution in [1.29, 1.82) is 0 Å². The van der Waals surface area contributed by atoms with Gasteiger partial charge in [0.15, 0.2) is 0 Å². The van der Waals surface area contributed by atoms with Crippen molar-refractivity contribution in [2.75, 3.05) is 6.54 Å². The third kappa shape index (κ3) is 9.55. The largest absolute Gasteiger partial charge is 0.480 e. The number of hydrogen-bond donors (Lipinski definition) is 7. The second-order valence-electron chi connectivity index (χ2n) is 7.70. The highest BCUT2D eigenvalue weighted by Gasteiger charge is 2.30. The first-order chi connectivity index (χ1) is 15.0. The minimum absolute atomic E-state index is 0.0136. The molecule has 0 aromatic carbocycles. The lowest BCUT2D eigenvalue weighted by Gasteiger charge is -2.24. The van der Waals surface area contributed by atoms with Gasteiger partial charge in [0.2, 0.25) is 23.6 Å². The second-order valence-corrected chi connectivity index (χ2v) is 7.70. The monoisotopic (exact) mass is 453 g/mol. The topological polar surface area (TPSA) is 222 Å². The van der Waals surface area contributed by atoms with Crippen LogP contribution < -0.4 is 27.4 Å². The molecule has 0 saturated carbocycles. The fourth-order valence-electron chi connectivity index (χ4n) is 2.87. The summed E-state index contributed by atoms with van der Waals surface area (Å²) >= 11 is 0. The van der Waals surface area contributed by atoms with Gasteiger partial charge >= 0.3 is 5.97 Å². The van der Waals surface area contributed by atoms with Crippen molar-refractivity contribution >= 4 is 29.6 Å². The van der Waals surface area contributed by atoms with E-state index in [-0.39, 0.29) is 38.1 Å². The van der Waals surface area contributed by atoms with Crippen molar-refractivity contribution in [3.63, 3.8) is 0 Å². The summed E-state index contributed by atoms with van der Waals surface area (Å²) in [5.74, 6) is -4.02. The van der Waals surface area contributed by atoms with Gasteiger partial charge in [0.25, 0.3) is 0 Å². The van der Waals surface area contributed by atoms with Crippen LogP contribution in [0.2, 0.25) is 0 Å². The maximum absolute atomic E-state index is 12.9. The van der Waals surface area contributed by atoms with Crippen LogP contribution in [0.4, 0.5) is 0 Å². The van der Waals surface area contributed by atoms with E-state index in [0.717, 1.165) is 0 Å². The third-order valence-corrected chi connectivity index (χ3v) is 4.45. The Balaban J connectivity index is 3.00. The van der Waals surface area contributed by atoms with Gasteiger partial charge in [-0.15, -0.1) is 0 Å². The molecule has 0 fully saturated rings. The molecular formula is C19H31N7O6. The molecule has 1 aromatic rings. The van der Waals surface area contributed by atoms with Crippen LogP contribution in [0.3, 0.4) is 0 Å². The number of H-pyrrole nitrogens is 1. The number of imidazole rings is 1. The number of carboxylic acid groups (broad SMARTS) is 1. The van der Waals surface area contributed by atoms with E-state index in [9.17, 15) is 29.1 Å². The molecule has 1 aromatic heterocycles. The Bertz CT molecular complexity index is 796. The molecule has 0 radical (unpaired) electrons. The highest BCUT2D eigenvalue weighted by molar-refractivity contribution is 5.94. The number of nitrogens with zero attached hydrogens (tertiary/aromatic N) is 1. The Morgan fingerprint density at radius 2 is 1.69 bits per heavy atom. The van der Waals surface area contributed by atoms with Crippen molar-refractivity contribution in [2.45, 2.75) is 57.7 Å². The van der Waals surface area contributed by atoms with Crippen molar-refractivity contribution in [1.82, 2.24) is 25.9 Å². The van der Waals surface area contributed by atoms with Crippen LogP contribution in [0.15, 0.2) is 12.5 Å². The predicted molar refractivity (Wildman–Crippen MR) is 113 cm³/mol. The highest BCUT2D eigenvalue weighted by Crippen LogP contribution is 2.07. The van der Waals surface area contributed by atoms with E-state index in [1.807, 2.05) is 0 Å². The minimum atomic E-state index is -1.25. The number of nitrogens with one attached hydrogen (secondary N) is 4. The summed E-state index contributed by atoms with van der Waals surface area (Å²) in [6.07, 6.45) is 2.71. The standard InChI is InChI=1S/C19H31N7O6/c1-10(2)5-14(19(31)32)26-17(29)12(3-4-15(21)27)25-18(30)13(24-16(28)7-20)6-11-8-22-9-23-11/h8-10,12-14H,3-7,20H2,1-2H3,(H2,21,27)(H,22,23)(H,24,28)(H,25,30)(H,26,29)(H,31,32). The van der Waals surface area contributed by atoms with E-state index in [1.54, 1.807) is 13.8 Å². The first kappa shape index (κ1) is 26.6. The Morgan fingerprint density at radius 1 is 1.06 bits per heavy atom. The van der Waals surface area contributed by atoms with Gasteiger partial charge in [-0.25, -0.2) is 9.78 Å². The van der Waals surface area contributed by atoms with Gasteiger partial charge < -0.3 is 37.5 Å². The summed E-state index contributed by atoms with van der Waals surface area (Å²) in [6, 6.07) is -3.52. The Kier molecular flexibility index (Phi) is 10.8. The molecule has 0 aliphatic carbocycles. The lowest BCUT2D eigenvalue weighted by molar-refractivity contribution is -0.143. The maximum Gasteiger partial charge on any atom is 0.326 e. The number of carbonyl (C=O) groups excluding carboxylic acids is 4. The number of hydrogen-bond acceptors (Lipinski definition) is 7. The number of aromatic amines is 1. The van der Waals surface area contributed by atoms with Crippen molar-refractivity contribution < 1.29 is 29.1 Å². The van der Waals surface area contributed by atoms with Crippen LogP contribution in [0.5, 0.6) is 0 Å². The lowest BCUT2D eigenvalue weighted by atomic mass is 10.0. The van der Waals surface area contributed by atoms with Crippen LogP contribution in [-0.2, 0) is 30.4 Å². The molecule has 3 atom stereocenters. The van der Waals surface area contributed by atoms with Crippen LogP contribution >= 0.6 is 0 Å². The molecule has 178 valence electrons. The molecule has 4 amide bonds. The van der Waals surface area contributed by atoms with E-state index in [1.165, 1.54) is 12.5 Å². The molecule has 13 nitrogen and oxygen atoms in total. The molecule has 0 spiro atoms. The zero-order chi connectivity index (χ0) is 24.3. The van der Waals surface area contributed by atoms with Crippen molar-refractivity contribution in [3.05, 3.63) is 18.2 Å². The minimum Gasteiger partial charge on any atom is -0.480 e. The zero-order valence-corrected chi connectivity index (χ0v) is 18.1. The SMILES string of the molecule is CC(C)CC(NC(=O)C(CCC(N)=O)NC(=O)C(Cc1cnc[nH]1)NC(=O)CN)C(=O)O. The molecule has 0 aliphatic rings. The molecule has 3 unspecified atom stereocenters. The van der Waals surface area contributed by atoms with Crippen LogP contribution in [0.25, 0.3) is 0 Å². The molecular weight excluding hydrogens is 422 g/mol. The average Bonchev–Trinajstić information content (AvgIpc) is 3.22. The number of aromatic nitrogens is 2. The number of rotatable bonds is 14. The summed E-state index contributed by atoms with van der Waals surface area (Å²) in [6.45, 7) is 3.25. The number of nitrogens with two attached hydrogens (primary N) is 2. The van der Waals surface area contributed by atoms with E-state index < -0.39 is 47.7 Å². The lowest BCUT2D eigenvalue weighted by Crippen LogP contribution is -2.57. The maximum atomic E-state index is 12.9. The van der Waals surface area contributed by atoms with Gasteiger partial charge in [0.1, 0.15) is 18.1 Å². The summed E-state index contributed by atoms with van der Waals surface area (Å²) in [4.78, 5) is 66.7. The van der Waals surface area contributed by atoms with Gasteiger partial charge in [-0.1, -0.05) is 13.8 Å². The van der Waals surface area contributed by atoms with E-state index in [2.05, 4.69) is 25.9 Å². The summed E-state index contributed by atoms with van der Waals surface area (Å²) < 4.78 is 0. The molecule has 13 heteroatoms. The van der Waals surface area contributed by atoms with Gasteiger partial charge in [-0.05, 0) is 18.8 Å². The van der Waals surface area contributed by atoms with E-state index in [4.69, 9.17) is 11.5 Å². The quantitative estimate of drug-likeness (QED) is 0.163. The van der Waals surface area contributed by atoms with E-state index in [0.29, 0.717) is 5.69 Å². The Morgan fingerprint density at radius 3 is 2.19 bits per heavy atom. The molecule has 0 saturated heterocycles. The van der Waals surface area contributed by atoms with Crippen LogP contribution in [-0.4, -0.2) is 69.3 Å². The Hall–Kier alpha value is -3.48. The second kappa shape index (κ2) is 13.0. The van der Waals surface area contributed by atoms with E-state index >= 15 is 0 Å².